The number of hydrogen-bond acceptors (Lipinski definition) is 6. The molecule has 0 saturated carbocycles. The van der Waals surface area contributed by atoms with Crippen molar-refractivity contribution in [1.29, 1.82) is 0 Å². The smallest absolute Gasteiger partial charge is 0.328 e. The van der Waals surface area contributed by atoms with E-state index >= 15 is 0 Å². The van der Waals surface area contributed by atoms with Gasteiger partial charge in [-0.05, 0) is 42.0 Å². The van der Waals surface area contributed by atoms with Crippen LogP contribution < -0.4 is 11.1 Å². The highest BCUT2D eigenvalue weighted by Crippen LogP contribution is 2.13. The standard InChI is InChI=1S/C18H17N3O4/c1-25-18(24)16(10-12-2-6-14(19)7-3-12)21-17(23)13-4-8-15(9-5-13)20-11-22/h2-9,16H,10,19H2,1H3,(H,21,23). The quantitative estimate of drug-likeness (QED) is 0.360. The van der Waals surface area contributed by atoms with Gasteiger partial charge in [0.2, 0.25) is 6.08 Å². The lowest BCUT2D eigenvalue weighted by Crippen LogP contribution is -2.43. The van der Waals surface area contributed by atoms with Crippen LogP contribution in [-0.2, 0) is 20.7 Å². The first-order chi connectivity index (χ1) is 12.0. The number of nitrogens with zero attached hydrogens (tertiary/aromatic N) is 1. The molecule has 0 aliphatic carbocycles. The largest absolute Gasteiger partial charge is 0.467 e. The Labute approximate surface area is 144 Å². The molecule has 2 aromatic rings. The van der Waals surface area contributed by atoms with Crippen molar-refractivity contribution in [2.24, 2.45) is 4.99 Å². The van der Waals surface area contributed by atoms with E-state index in [1.54, 1.807) is 24.3 Å². The van der Waals surface area contributed by atoms with Gasteiger partial charge in [0.25, 0.3) is 5.91 Å². The number of carbonyl (C=O) groups is 2. The number of esters is 1. The predicted molar refractivity (Wildman–Crippen MR) is 92.1 cm³/mol. The van der Waals surface area contributed by atoms with Crippen LogP contribution in [0.2, 0.25) is 0 Å². The number of aliphatic imine (C=N–C) groups is 1. The zero-order chi connectivity index (χ0) is 18.2. The SMILES string of the molecule is COC(=O)C(Cc1ccc(N)cc1)NC(=O)c1ccc(N=C=O)cc1. The number of nitrogens with two attached hydrogens (primary N) is 1. The van der Waals surface area contributed by atoms with Crippen molar-refractivity contribution in [3.8, 4) is 0 Å². The predicted octanol–water partition coefficient (Wildman–Crippen LogP) is 1.75. The van der Waals surface area contributed by atoms with Crippen molar-refractivity contribution in [3.05, 3.63) is 59.7 Å². The van der Waals surface area contributed by atoms with Gasteiger partial charge in [-0.15, -0.1) is 0 Å². The average Bonchev–Trinajstić information content (AvgIpc) is 2.63. The molecule has 0 bridgehead atoms. The van der Waals surface area contributed by atoms with Crippen molar-refractivity contribution < 1.29 is 19.1 Å². The topological polar surface area (TPSA) is 111 Å². The molecule has 7 heteroatoms. The summed E-state index contributed by atoms with van der Waals surface area (Å²) in [6.45, 7) is 0. The number of ether oxygens (including phenoxy) is 1. The fourth-order valence-electron chi connectivity index (χ4n) is 2.21. The van der Waals surface area contributed by atoms with Gasteiger partial charge in [-0.2, -0.15) is 4.99 Å². The number of rotatable bonds is 6. The molecule has 128 valence electrons. The van der Waals surface area contributed by atoms with Crippen LogP contribution >= 0.6 is 0 Å². The normalized spacial score (nSPS) is 11.1. The summed E-state index contributed by atoms with van der Waals surface area (Å²) < 4.78 is 4.76. The van der Waals surface area contributed by atoms with Gasteiger partial charge in [0.1, 0.15) is 6.04 Å². The van der Waals surface area contributed by atoms with Crippen molar-refractivity contribution >= 4 is 29.3 Å². The number of anilines is 1. The summed E-state index contributed by atoms with van der Waals surface area (Å²) in [5.41, 5.74) is 7.80. The molecule has 0 aromatic heterocycles. The molecule has 2 rings (SSSR count). The average molecular weight is 339 g/mol. The summed E-state index contributed by atoms with van der Waals surface area (Å²) in [6, 6.07) is 12.2. The lowest BCUT2D eigenvalue weighted by molar-refractivity contribution is -0.142. The Balaban J connectivity index is 2.12. The second-order valence-electron chi connectivity index (χ2n) is 5.24. The molecule has 0 aliphatic heterocycles. The van der Waals surface area contributed by atoms with Crippen LogP contribution in [0.25, 0.3) is 0 Å². The number of nitrogens with one attached hydrogen (secondary N) is 1. The minimum Gasteiger partial charge on any atom is -0.467 e. The maximum Gasteiger partial charge on any atom is 0.328 e. The molecule has 0 saturated heterocycles. The first-order valence-corrected chi connectivity index (χ1v) is 7.44. The van der Waals surface area contributed by atoms with Crippen LogP contribution in [-0.4, -0.2) is 31.1 Å². The van der Waals surface area contributed by atoms with Gasteiger partial charge in [0.05, 0.1) is 12.8 Å². The molecule has 1 atom stereocenters. The summed E-state index contributed by atoms with van der Waals surface area (Å²) in [6.07, 6.45) is 1.69. The molecular formula is C18H17N3O4. The number of isocyanates is 1. The summed E-state index contributed by atoms with van der Waals surface area (Å²) in [5, 5.41) is 2.65. The third kappa shape index (κ3) is 5.02. The maximum atomic E-state index is 12.3. The van der Waals surface area contributed by atoms with E-state index in [0.29, 0.717) is 16.9 Å². The summed E-state index contributed by atoms with van der Waals surface area (Å²) in [7, 11) is 1.26. The van der Waals surface area contributed by atoms with E-state index in [2.05, 4.69) is 10.3 Å². The molecule has 0 spiro atoms. The number of hydrogen-bond donors (Lipinski definition) is 2. The lowest BCUT2D eigenvalue weighted by Gasteiger charge is -2.17. The Hall–Kier alpha value is -3.44. The van der Waals surface area contributed by atoms with Crippen LogP contribution in [0, 0.1) is 0 Å². The molecule has 0 radical (unpaired) electrons. The first kappa shape index (κ1) is 17.9. The fourth-order valence-corrected chi connectivity index (χ4v) is 2.21. The van der Waals surface area contributed by atoms with Gasteiger partial charge in [-0.1, -0.05) is 12.1 Å². The number of amides is 1. The summed E-state index contributed by atoms with van der Waals surface area (Å²) >= 11 is 0. The Morgan fingerprint density at radius 2 is 1.80 bits per heavy atom. The molecule has 7 nitrogen and oxygen atoms in total. The number of methoxy groups -OCH3 is 1. The monoisotopic (exact) mass is 339 g/mol. The van der Waals surface area contributed by atoms with Crippen molar-refractivity contribution in [2.75, 3.05) is 12.8 Å². The van der Waals surface area contributed by atoms with Gasteiger partial charge >= 0.3 is 5.97 Å². The van der Waals surface area contributed by atoms with E-state index in [1.807, 2.05) is 0 Å². The van der Waals surface area contributed by atoms with E-state index in [4.69, 9.17) is 10.5 Å². The number of benzene rings is 2. The molecule has 2 aromatic carbocycles. The molecule has 0 heterocycles. The van der Waals surface area contributed by atoms with Gasteiger partial charge in [0, 0.05) is 17.7 Å². The highest BCUT2D eigenvalue weighted by Gasteiger charge is 2.22. The highest BCUT2D eigenvalue weighted by molar-refractivity contribution is 5.97. The van der Waals surface area contributed by atoms with Crippen LogP contribution in [0.4, 0.5) is 11.4 Å². The van der Waals surface area contributed by atoms with E-state index in [-0.39, 0.29) is 6.42 Å². The highest BCUT2D eigenvalue weighted by atomic mass is 16.5. The van der Waals surface area contributed by atoms with Crippen LogP contribution in [0.15, 0.2) is 53.5 Å². The Bertz CT molecular complexity index is 794. The summed E-state index contributed by atoms with van der Waals surface area (Å²) in [5.74, 6) is -0.986. The number of nitrogen functional groups attached to an aromatic ring is 1. The first-order valence-electron chi connectivity index (χ1n) is 7.44. The van der Waals surface area contributed by atoms with Crippen molar-refractivity contribution in [3.63, 3.8) is 0 Å². The molecular weight excluding hydrogens is 322 g/mol. The summed E-state index contributed by atoms with van der Waals surface area (Å²) in [4.78, 5) is 38.0. The third-order valence-corrected chi connectivity index (χ3v) is 3.51. The minimum atomic E-state index is -0.839. The van der Waals surface area contributed by atoms with Gasteiger partial charge in [-0.3, -0.25) is 4.79 Å². The van der Waals surface area contributed by atoms with Gasteiger partial charge in [-0.25, -0.2) is 9.59 Å². The van der Waals surface area contributed by atoms with E-state index in [9.17, 15) is 14.4 Å². The third-order valence-electron chi connectivity index (χ3n) is 3.51. The molecule has 3 N–H and O–H groups in total. The van der Waals surface area contributed by atoms with Gasteiger partial charge < -0.3 is 15.8 Å². The second-order valence-corrected chi connectivity index (χ2v) is 5.24. The Morgan fingerprint density at radius 3 is 2.36 bits per heavy atom. The van der Waals surface area contributed by atoms with Gasteiger partial charge in [0.15, 0.2) is 0 Å². The van der Waals surface area contributed by atoms with Crippen LogP contribution in [0.5, 0.6) is 0 Å². The van der Waals surface area contributed by atoms with Crippen molar-refractivity contribution in [1.82, 2.24) is 5.32 Å². The van der Waals surface area contributed by atoms with Crippen LogP contribution in [0.3, 0.4) is 0 Å². The Morgan fingerprint density at radius 1 is 1.16 bits per heavy atom. The van der Waals surface area contributed by atoms with Crippen LogP contribution in [0.1, 0.15) is 15.9 Å². The number of carbonyl (C=O) groups excluding carboxylic acids is 3. The van der Waals surface area contributed by atoms with E-state index in [1.165, 1.54) is 37.5 Å². The zero-order valence-corrected chi connectivity index (χ0v) is 13.6. The van der Waals surface area contributed by atoms with E-state index < -0.39 is 17.9 Å². The molecule has 1 amide bonds. The van der Waals surface area contributed by atoms with Crippen molar-refractivity contribution in [2.45, 2.75) is 12.5 Å². The molecule has 0 fully saturated rings. The Kier molecular flexibility index (Phi) is 6.03. The van der Waals surface area contributed by atoms with E-state index in [0.717, 1.165) is 5.56 Å². The second kappa shape index (κ2) is 8.42. The molecule has 25 heavy (non-hydrogen) atoms. The fraction of sp³-hybridized carbons (Fsp3) is 0.167. The lowest BCUT2D eigenvalue weighted by atomic mass is 10.0. The maximum absolute atomic E-state index is 12.3. The molecule has 1 unspecified atom stereocenters. The molecule has 0 aliphatic rings. The minimum absolute atomic E-state index is 0.270. The zero-order valence-electron chi connectivity index (χ0n) is 13.6.